The molecule has 0 saturated carbocycles. The van der Waals surface area contributed by atoms with E-state index >= 15 is 0 Å². The van der Waals surface area contributed by atoms with Gasteiger partial charge in [0.25, 0.3) is 5.91 Å². The van der Waals surface area contributed by atoms with Crippen molar-refractivity contribution in [3.63, 3.8) is 0 Å². The molecule has 0 bridgehead atoms. The van der Waals surface area contributed by atoms with E-state index in [0.29, 0.717) is 0 Å². The molecule has 1 aromatic heterocycles. The smallest absolute Gasteiger partial charge is 0.404 e. The zero-order chi connectivity index (χ0) is 13.5. The Balaban J connectivity index is 2.61. The Morgan fingerprint density at radius 3 is 2.72 bits per heavy atom. The maximum atomic E-state index is 11.6. The zero-order valence-corrected chi connectivity index (χ0v) is 9.25. The number of ether oxygens (including phenoxy) is 1. The summed E-state index contributed by atoms with van der Waals surface area (Å²) in [5.41, 5.74) is 4.50. The molecule has 0 aliphatic rings. The summed E-state index contributed by atoms with van der Waals surface area (Å²) >= 11 is 0. The SMILES string of the molecule is NC(=O)OCCNC(=O)c1ccncc1C(=O)O. The van der Waals surface area contributed by atoms with Gasteiger partial charge in [0.2, 0.25) is 0 Å². The number of nitrogens with two attached hydrogens (primary N) is 1. The number of carbonyl (C=O) groups is 3. The van der Waals surface area contributed by atoms with Crippen molar-refractivity contribution < 1.29 is 24.2 Å². The zero-order valence-electron chi connectivity index (χ0n) is 9.25. The van der Waals surface area contributed by atoms with E-state index in [2.05, 4.69) is 15.0 Å². The van der Waals surface area contributed by atoms with Gasteiger partial charge in [-0.25, -0.2) is 9.59 Å². The minimum absolute atomic E-state index is 0.0171. The molecule has 0 aromatic carbocycles. The van der Waals surface area contributed by atoms with Gasteiger partial charge in [0.1, 0.15) is 6.61 Å². The summed E-state index contributed by atoms with van der Waals surface area (Å²) in [6, 6.07) is 1.29. The van der Waals surface area contributed by atoms with Crippen LogP contribution in [0.25, 0.3) is 0 Å². The predicted molar refractivity (Wildman–Crippen MR) is 59.1 cm³/mol. The minimum atomic E-state index is -1.25. The lowest BCUT2D eigenvalue weighted by Gasteiger charge is -2.07. The lowest BCUT2D eigenvalue weighted by Crippen LogP contribution is -2.30. The quantitative estimate of drug-likeness (QED) is 0.612. The van der Waals surface area contributed by atoms with Crippen molar-refractivity contribution in [3.8, 4) is 0 Å². The van der Waals surface area contributed by atoms with Crippen LogP contribution in [0.5, 0.6) is 0 Å². The number of carbonyl (C=O) groups excluding carboxylic acids is 2. The highest BCUT2D eigenvalue weighted by Gasteiger charge is 2.15. The monoisotopic (exact) mass is 253 g/mol. The molecule has 0 atom stereocenters. The normalized spacial score (nSPS) is 9.56. The lowest BCUT2D eigenvalue weighted by atomic mass is 10.1. The molecule has 0 spiro atoms. The summed E-state index contributed by atoms with van der Waals surface area (Å²) in [7, 11) is 0. The number of rotatable bonds is 5. The summed E-state index contributed by atoms with van der Waals surface area (Å²) in [5, 5.41) is 11.2. The number of hydrogen-bond acceptors (Lipinski definition) is 5. The number of carboxylic acids is 1. The molecule has 1 rings (SSSR count). The van der Waals surface area contributed by atoms with Crippen molar-refractivity contribution in [1.82, 2.24) is 10.3 Å². The van der Waals surface area contributed by atoms with E-state index in [1.807, 2.05) is 0 Å². The summed E-state index contributed by atoms with van der Waals surface area (Å²) in [6.07, 6.45) is 1.44. The number of aromatic carboxylic acids is 1. The van der Waals surface area contributed by atoms with Crippen molar-refractivity contribution >= 4 is 18.0 Å². The van der Waals surface area contributed by atoms with E-state index in [1.165, 1.54) is 12.3 Å². The van der Waals surface area contributed by atoms with Gasteiger partial charge < -0.3 is 20.9 Å². The van der Waals surface area contributed by atoms with Crippen LogP contribution in [0.3, 0.4) is 0 Å². The summed E-state index contributed by atoms with van der Waals surface area (Å²) in [4.78, 5) is 36.4. The minimum Gasteiger partial charge on any atom is -0.478 e. The maximum Gasteiger partial charge on any atom is 0.404 e. The van der Waals surface area contributed by atoms with Crippen molar-refractivity contribution in [1.29, 1.82) is 0 Å². The van der Waals surface area contributed by atoms with Crippen LogP contribution in [0.4, 0.5) is 4.79 Å². The van der Waals surface area contributed by atoms with E-state index < -0.39 is 18.0 Å². The van der Waals surface area contributed by atoms with Gasteiger partial charge in [0.05, 0.1) is 17.7 Å². The maximum absolute atomic E-state index is 11.6. The van der Waals surface area contributed by atoms with Gasteiger partial charge >= 0.3 is 12.1 Å². The Labute approximate surface area is 102 Å². The Bertz CT molecular complexity index is 474. The number of amides is 2. The third kappa shape index (κ3) is 3.74. The van der Waals surface area contributed by atoms with E-state index in [1.54, 1.807) is 0 Å². The first-order valence-electron chi connectivity index (χ1n) is 4.90. The highest BCUT2D eigenvalue weighted by Crippen LogP contribution is 2.06. The predicted octanol–water partition coefficient (Wildman–Crippen LogP) is -0.395. The summed E-state index contributed by atoms with van der Waals surface area (Å²) in [6.45, 7) is -0.0578. The van der Waals surface area contributed by atoms with E-state index in [0.717, 1.165) is 6.20 Å². The molecule has 1 heterocycles. The highest BCUT2D eigenvalue weighted by molar-refractivity contribution is 6.04. The molecule has 0 unspecified atom stereocenters. The third-order valence-corrected chi connectivity index (χ3v) is 1.93. The average molecular weight is 253 g/mol. The molecule has 0 aliphatic carbocycles. The van der Waals surface area contributed by atoms with E-state index in [-0.39, 0.29) is 24.3 Å². The van der Waals surface area contributed by atoms with Crippen molar-refractivity contribution in [3.05, 3.63) is 29.6 Å². The molecule has 0 saturated heterocycles. The number of nitrogens with zero attached hydrogens (tertiary/aromatic N) is 1. The van der Waals surface area contributed by atoms with Crippen molar-refractivity contribution in [2.24, 2.45) is 5.73 Å². The highest BCUT2D eigenvalue weighted by atomic mass is 16.5. The van der Waals surface area contributed by atoms with Crippen LogP contribution in [0, 0.1) is 0 Å². The summed E-state index contributed by atoms with van der Waals surface area (Å²) < 4.78 is 4.40. The third-order valence-electron chi connectivity index (χ3n) is 1.93. The standard InChI is InChI=1S/C10H11N3O5/c11-10(17)18-4-3-13-8(14)6-1-2-12-5-7(6)9(15)16/h1-2,5H,3-4H2,(H2,11,17)(H,13,14)(H,15,16). The molecular weight excluding hydrogens is 242 g/mol. The number of carboxylic acid groups (broad SMARTS) is 1. The first-order chi connectivity index (χ1) is 8.52. The number of pyridine rings is 1. The molecule has 4 N–H and O–H groups in total. The van der Waals surface area contributed by atoms with Crippen LogP contribution in [-0.4, -0.2) is 41.2 Å². The topological polar surface area (TPSA) is 132 Å². The number of primary amides is 1. The molecular formula is C10H11N3O5. The second-order valence-corrected chi connectivity index (χ2v) is 3.15. The molecule has 8 heteroatoms. The first kappa shape index (κ1) is 13.4. The van der Waals surface area contributed by atoms with Gasteiger partial charge in [-0.3, -0.25) is 9.78 Å². The Morgan fingerprint density at radius 1 is 1.39 bits per heavy atom. The largest absolute Gasteiger partial charge is 0.478 e. The van der Waals surface area contributed by atoms with Gasteiger partial charge in [0, 0.05) is 12.4 Å². The van der Waals surface area contributed by atoms with Crippen molar-refractivity contribution in [2.45, 2.75) is 0 Å². The van der Waals surface area contributed by atoms with Crippen LogP contribution in [0.15, 0.2) is 18.5 Å². The second kappa shape index (κ2) is 6.18. The fraction of sp³-hybridized carbons (Fsp3) is 0.200. The van der Waals surface area contributed by atoms with Gasteiger partial charge in [-0.1, -0.05) is 0 Å². The van der Waals surface area contributed by atoms with Crippen molar-refractivity contribution in [2.75, 3.05) is 13.2 Å². The van der Waals surface area contributed by atoms with Crippen LogP contribution in [0.1, 0.15) is 20.7 Å². The number of nitrogens with one attached hydrogen (secondary N) is 1. The molecule has 0 radical (unpaired) electrons. The Hall–Kier alpha value is -2.64. The molecule has 18 heavy (non-hydrogen) atoms. The number of aromatic nitrogens is 1. The molecule has 2 amide bonds. The lowest BCUT2D eigenvalue weighted by molar-refractivity contribution is 0.0690. The van der Waals surface area contributed by atoms with Gasteiger partial charge in [-0.15, -0.1) is 0 Å². The van der Waals surface area contributed by atoms with E-state index in [4.69, 9.17) is 10.8 Å². The molecule has 8 nitrogen and oxygen atoms in total. The van der Waals surface area contributed by atoms with Crippen LogP contribution >= 0.6 is 0 Å². The molecule has 0 aliphatic heterocycles. The van der Waals surface area contributed by atoms with Gasteiger partial charge in [-0.2, -0.15) is 0 Å². The summed E-state index contributed by atoms with van der Waals surface area (Å²) in [5.74, 6) is -1.84. The van der Waals surface area contributed by atoms with Crippen LogP contribution in [0.2, 0.25) is 0 Å². The second-order valence-electron chi connectivity index (χ2n) is 3.15. The molecule has 0 fully saturated rings. The molecule has 96 valence electrons. The van der Waals surface area contributed by atoms with E-state index in [9.17, 15) is 14.4 Å². The fourth-order valence-corrected chi connectivity index (χ4v) is 1.17. The Morgan fingerprint density at radius 2 is 2.11 bits per heavy atom. The van der Waals surface area contributed by atoms with Gasteiger partial charge in [0.15, 0.2) is 0 Å². The fourth-order valence-electron chi connectivity index (χ4n) is 1.17. The average Bonchev–Trinajstić information content (AvgIpc) is 2.34. The first-order valence-corrected chi connectivity index (χ1v) is 4.90. The Kier molecular flexibility index (Phi) is 4.61. The van der Waals surface area contributed by atoms with Gasteiger partial charge in [-0.05, 0) is 6.07 Å². The van der Waals surface area contributed by atoms with Crippen LogP contribution < -0.4 is 11.1 Å². The molecule has 1 aromatic rings. The van der Waals surface area contributed by atoms with Crippen LogP contribution in [-0.2, 0) is 4.74 Å². The number of hydrogen-bond donors (Lipinski definition) is 3.